The average molecular weight is 219 g/mol. The quantitative estimate of drug-likeness (QED) is 0.738. The zero-order chi connectivity index (χ0) is 11.0. The van der Waals surface area contributed by atoms with E-state index in [2.05, 4.69) is 43.2 Å². The van der Waals surface area contributed by atoms with Crippen LogP contribution in [0.1, 0.15) is 16.7 Å². The van der Waals surface area contributed by atoms with Crippen LogP contribution in [0.25, 0.3) is 11.0 Å². The molecule has 4 heteroatoms. The molecule has 1 aromatic heterocycles. The number of aryl methyl sites for hydroxylation is 4. The van der Waals surface area contributed by atoms with E-state index >= 15 is 0 Å². The fraction of sp³-hybridized carbons (Fsp3) is 0.364. The summed E-state index contributed by atoms with van der Waals surface area (Å²) in [7, 11) is 2.99. The second-order valence-electron chi connectivity index (χ2n) is 3.88. The summed E-state index contributed by atoms with van der Waals surface area (Å²) in [6, 6.07) is 4.39. The Labute approximate surface area is 91.3 Å². The SMILES string of the molecule is Cc1cc(C)c(-c2nnn(C)p2)c(C)c1. The van der Waals surface area contributed by atoms with Crippen molar-refractivity contribution in [2.45, 2.75) is 20.8 Å². The molecule has 0 atom stereocenters. The van der Waals surface area contributed by atoms with Crippen molar-refractivity contribution in [1.29, 1.82) is 0 Å². The molecule has 0 unspecified atom stereocenters. The summed E-state index contributed by atoms with van der Waals surface area (Å²) in [5.41, 5.74) is 6.16. The summed E-state index contributed by atoms with van der Waals surface area (Å²) in [4.78, 5) is 0. The fourth-order valence-corrected chi connectivity index (χ4v) is 2.80. The molecule has 15 heavy (non-hydrogen) atoms. The molecule has 2 aromatic rings. The monoisotopic (exact) mass is 219 g/mol. The van der Waals surface area contributed by atoms with Crippen LogP contribution in [-0.4, -0.2) is 14.8 Å². The Balaban J connectivity index is 2.62. The number of nitrogens with zero attached hydrogens (tertiary/aromatic N) is 3. The van der Waals surface area contributed by atoms with Crippen LogP contribution in [-0.2, 0) is 7.05 Å². The third-order valence-corrected chi connectivity index (χ3v) is 3.28. The first-order valence-corrected chi connectivity index (χ1v) is 5.75. The van der Waals surface area contributed by atoms with Gasteiger partial charge in [-0.25, -0.2) is 4.44 Å². The number of hydrogen-bond acceptors (Lipinski definition) is 2. The Morgan fingerprint density at radius 2 is 1.73 bits per heavy atom. The molecule has 0 aliphatic rings. The number of aromatic nitrogens is 3. The van der Waals surface area contributed by atoms with Crippen LogP contribution >= 0.6 is 8.35 Å². The minimum absolute atomic E-state index is 1.05. The maximum Gasteiger partial charge on any atom is 0.141 e. The molecule has 1 aromatic carbocycles. The van der Waals surface area contributed by atoms with Crippen molar-refractivity contribution in [2.75, 3.05) is 0 Å². The maximum absolute atomic E-state index is 4.19. The van der Waals surface area contributed by atoms with Gasteiger partial charge in [0.25, 0.3) is 0 Å². The molecule has 3 nitrogen and oxygen atoms in total. The van der Waals surface area contributed by atoms with Gasteiger partial charge in [-0.2, -0.15) is 0 Å². The molecule has 78 valence electrons. The minimum Gasteiger partial charge on any atom is -0.230 e. The van der Waals surface area contributed by atoms with E-state index in [1.165, 1.54) is 22.3 Å². The molecule has 0 bridgehead atoms. The Kier molecular flexibility index (Phi) is 2.57. The van der Waals surface area contributed by atoms with Gasteiger partial charge in [0.2, 0.25) is 0 Å². The fourth-order valence-electron chi connectivity index (χ4n) is 1.92. The average Bonchev–Trinajstić information content (AvgIpc) is 2.49. The van der Waals surface area contributed by atoms with Crippen LogP contribution in [0.15, 0.2) is 12.1 Å². The molecule has 0 fully saturated rings. The lowest BCUT2D eigenvalue weighted by atomic mass is 10.0. The molecule has 0 N–H and O–H groups in total. The molecule has 1 heterocycles. The van der Waals surface area contributed by atoms with Gasteiger partial charge in [-0.15, -0.1) is 5.10 Å². The van der Waals surface area contributed by atoms with E-state index < -0.39 is 0 Å². The molecule has 2 rings (SSSR count). The Morgan fingerprint density at radius 3 is 2.20 bits per heavy atom. The number of benzene rings is 1. The van der Waals surface area contributed by atoms with Crippen molar-refractivity contribution in [1.82, 2.24) is 14.8 Å². The predicted molar refractivity (Wildman–Crippen MR) is 63.2 cm³/mol. The lowest BCUT2D eigenvalue weighted by Crippen LogP contribution is -1.89. The highest BCUT2D eigenvalue weighted by Gasteiger charge is 2.10. The van der Waals surface area contributed by atoms with Crippen molar-refractivity contribution in [3.05, 3.63) is 28.8 Å². The number of rotatable bonds is 1. The molecule has 0 saturated heterocycles. The lowest BCUT2D eigenvalue weighted by molar-refractivity contribution is 0.764. The minimum atomic E-state index is 1.05. The highest BCUT2D eigenvalue weighted by Crippen LogP contribution is 2.31. The first-order chi connectivity index (χ1) is 7.08. The molecule has 0 amide bonds. The van der Waals surface area contributed by atoms with E-state index in [1.54, 1.807) is 0 Å². The van der Waals surface area contributed by atoms with Crippen molar-refractivity contribution < 1.29 is 0 Å². The first-order valence-electron chi connectivity index (χ1n) is 4.90. The molecule has 0 saturated carbocycles. The van der Waals surface area contributed by atoms with E-state index in [9.17, 15) is 0 Å². The van der Waals surface area contributed by atoms with Gasteiger partial charge >= 0.3 is 0 Å². The second kappa shape index (κ2) is 3.74. The Bertz CT molecular complexity index is 479. The maximum atomic E-state index is 4.19. The van der Waals surface area contributed by atoms with E-state index in [0.717, 1.165) is 13.8 Å². The van der Waals surface area contributed by atoms with Crippen molar-refractivity contribution in [3.8, 4) is 11.0 Å². The van der Waals surface area contributed by atoms with Gasteiger partial charge in [0.15, 0.2) is 0 Å². The van der Waals surface area contributed by atoms with E-state index in [-0.39, 0.29) is 0 Å². The van der Waals surface area contributed by atoms with Gasteiger partial charge in [-0.05, 0) is 31.9 Å². The lowest BCUT2D eigenvalue weighted by Gasteiger charge is -2.07. The third-order valence-electron chi connectivity index (χ3n) is 2.41. The summed E-state index contributed by atoms with van der Waals surface area (Å²) in [5.74, 6) is 0. The van der Waals surface area contributed by atoms with Crippen LogP contribution in [0.3, 0.4) is 0 Å². The molecular weight excluding hydrogens is 205 g/mol. The summed E-state index contributed by atoms with van der Waals surface area (Å²) in [6.07, 6.45) is 0. The van der Waals surface area contributed by atoms with E-state index in [0.29, 0.717) is 0 Å². The zero-order valence-corrected chi connectivity index (χ0v) is 10.3. The summed E-state index contributed by atoms with van der Waals surface area (Å²) in [6.45, 7) is 6.38. The second-order valence-corrected chi connectivity index (χ2v) is 5.08. The largest absolute Gasteiger partial charge is 0.230 e. The van der Waals surface area contributed by atoms with E-state index in [1.807, 2.05) is 11.5 Å². The Hall–Kier alpha value is -1.21. The molecule has 0 aliphatic carbocycles. The van der Waals surface area contributed by atoms with Gasteiger partial charge in [0.05, 0.1) is 8.35 Å². The van der Waals surface area contributed by atoms with Crippen LogP contribution in [0.4, 0.5) is 0 Å². The van der Waals surface area contributed by atoms with Gasteiger partial charge in [0.1, 0.15) is 5.43 Å². The smallest absolute Gasteiger partial charge is 0.141 e. The zero-order valence-electron chi connectivity index (χ0n) is 9.44. The molecule has 0 aliphatic heterocycles. The third kappa shape index (κ3) is 1.93. The van der Waals surface area contributed by atoms with Crippen LogP contribution in [0.2, 0.25) is 0 Å². The molecule has 0 radical (unpaired) electrons. The highest BCUT2D eigenvalue weighted by atomic mass is 31.0. The van der Waals surface area contributed by atoms with Crippen molar-refractivity contribution in [2.24, 2.45) is 7.05 Å². The van der Waals surface area contributed by atoms with Gasteiger partial charge in [-0.3, -0.25) is 0 Å². The van der Waals surface area contributed by atoms with Gasteiger partial charge < -0.3 is 0 Å². The normalized spacial score (nSPS) is 11.2. The summed E-state index contributed by atoms with van der Waals surface area (Å²) in [5, 5.41) is 8.20. The van der Waals surface area contributed by atoms with Crippen molar-refractivity contribution >= 4 is 8.35 Å². The molecule has 0 spiro atoms. The molecular formula is C11H14N3P. The van der Waals surface area contributed by atoms with Crippen LogP contribution < -0.4 is 0 Å². The summed E-state index contributed by atoms with van der Waals surface area (Å²) >= 11 is 0. The number of hydrogen-bond donors (Lipinski definition) is 0. The van der Waals surface area contributed by atoms with Gasteiger partial charge in [0, 0.05) is 12.6 Å². The van der Waals surface area contributed by atoms with Gasteiger partial charge in [-0.1, -0.05) is 22.9 Å². The summed E-state index contributed by atoms with van der Waals surface area (Å²) < 4.78 is 1.83. The topological polar surface area (TPSA) is 30.7 Å². The van der Waals surface area contributed by atoms with E-state index in [4.69, 9.17) is 0 Å². The standard InChI is InChI=1S/C11H14N3P/c1-7-5-8(2)10(9(3)6-7)11-12-13-14(4)15-11/h5-6H,1-4H3. The Morgan fingerprint density at radius 1 is 1.13 bits per heavy atom. The van der Waals surface area contributed by atoms with Crippen LogP contribution in [0, 0.1) is 20.8 Å². The highest BCUT2D eigenvalue weighted by molar-refractivity contribution is 7.29. The first kappa shape index (κ1) is 10.3. The van der Waals surface area contributed by atoms with Crippen molar-refractivity contribution in [3.63, 3.8) is 0 Å². The van der Waals surface area contributed by atoms with Crippen LogP contribution in [0.5, 0.6) is 0 Å². The predicted octanol–water partition coefficient (Wildman–Crippen LogP) is 2.99.